The molecule has 0 saturated heterocycles. The molecule has 0 aromatic carbocycles. The van der Waals surface area contributed by atoms with Gasteiger partial charge in [-0.2, -0.15) is 0 Å². The van der Waals surface area contributed by atoms with E-state index < -0.39 is 16.1 Å². The van der Waals surface area contributed by atoms with Crippen LogP contribution in [0.3, 0.4) is 0 Å². The number of rotatable bonds is 12. The van der Waals surface area contributed by atoms with Crippen molar-refractivity contribution in [1.29, 1.82) is 0 Å². The molecule has 0 bridgehead atoms. The van der Waals surface area contributed by atoms with Crippen molar-refractivity contribution in [1.82, 2.24) is 0 Å². The smallest absolute Gasteiger partial charge is 0.596 e. The first-order valence-corrected chi connectivity index (χ1v) is 11.4. The van der Waals surface area contributed by atoms with Gasteiger partial charge in [-0.3, -0.25) is 0 Å². The maximum Gasteiger partial charge on any atom is 2.00 e. The van der Waals surface area contributed by atoms with Crippen LogP contribution >= 0.6 is 16.1 Å². The Balaban J connectivity index is -0.000000333. The van der Waals surface area contributed by atoms with Gasteiger partial charge in [-0.25, -0.2) is 0 Å². The molecule has 7 heteroatoms. The Morgan fingerprint density at radius 1 is 0.739 bits per heavy atom. The summed E-state index contributed by atoms with van der Waals surface area (Å²) in [5.74, 6) is 0.798. The monoisotopic (exact) mass is 408 g/mol. The van der Waals surface area contributed by atoms with Crippen LogP contribution in [0.4, 0.5) is 0 Å². The summed E-state index contributed by atoms with van der Waals surface area (Å²) in [5.41, 5.74) is 0. The molecule has 0 aliphatic carbocycles. The summed E-state index contributed by atoms with van der Waals surface area (Å²) in [7, 11) is -4.32. The molecular formula is C16H34FeO4P2+2. The molecule has 23 heavy (non-hydrogen) atoms. The molecule has 0 amide bonds. The van der Waals surface area contributed by atoms with Crippen molar-refractivity contribution in [3.63, 3.8) is 0 Å². The standard InChI is InChI=1S/2C8H17O2P.Fe/c2*1-3-5-6-8(4-2)7-11(9)10;/h2*8H,3-7H2,1-2H3;/q;;+2. The SMILES string of the molecule is CCCCC(CC)C[P+](=O)[O-].CCCCC(CC)C[P+](=O)[O-].[Fe+2]. The first kappa shape index (κ1) is 28.4. The fraction of sp³-hybridized carbons (Fsp3) is 1.00. The minimum atomic E-state index is -2.16. The number of hydrogen-bond acceptors (Lipinski definition) is 4. The van der Waals surface area contributed by atoms with Gasteiger partial charge in [-0.15, -0.1) is 0 Å². The second-order valence-corrected chi connectivity index (χ2v) is 7.92. The van der Waals surface area contributed by atoms with Gasteiger partial charge in [0.2, 0.25) is 0 Å². The summed E-state index contributed by atoms with van der Waals surface area (Å²) in [4.78, 5) is 20.7. The summed E-state index contributed by atoms with van der Waals surface area (Å²) in [6.45, 7) is 8.37. The molecule has 0 fully saturated rings. The Kier molecular flexibility index (Phi) is 25.6. The van der Waals surface area contributed by atoms with Crippen LogP contribution in [0.25, 0.3) is 0 Å². The molecule has 0 N–H and O–H groups in total. The summed E-state index contributed by atoms with van der Waals surface area (Å²) in [5, 5.41) is 0. The quantitative estimate of drug-likeness (QED) is 0.349. The summed E-state index contributed by atoms with van der Waals surface area (Å²) >= 11 is 0. The van der Waals surface area contributed by atoms with E-state index in [-0.39, 0.29) is 17.1 Å². The van der Waals surface area contributed by atoms with Gasteiger partial charge in [-0.05, 0) is 25.7 Å². The van der Waals surface area contributed by atoms with Gasteiger partial charge in [0.25, 0.3) is 0 Å². The molecule has 0 heterocycles. The Morgan fingerprint density at radius 2 is 1.04 bits per heavy atom. The molecule has 4 unspecified atom stereocenters. The van der Waals surface area contributed by atoms with Crippen LogP contribution in [0.5, 0.6) is 0 Å². The second kappa shape index (κ2) is 20.7. The van der Waals surface area contributed by atoms with Crippen LogP contribution in [0.2, 0.25) is 0 Å². The van der Waals surface area contributed by atoms with Gasteiger partial charge in [0.05, 0.1) is 0 Å². The zero-order valence-electron chi connectivity index (χ0n) is 15.1. The minimum Gasteiger partial charge on any atom is -0.596 e. The molecule has 0 rings (SSSR count). The predicted octanol–water partition coefficient (Wildman–Crippen LogP) is 4.61. The fourth-order valence-corrected chi connectivity index (χ4v) is 3.98. The first-order valence-electron chi connectivity index (χ1n) is 8.64. The third-order valence-electron chi connectivity index (χ3n) is 3.90. The van der Waals surface area contributed by atoms with Crippen molar-refractivity contribution in [3.05, 3.63) is 0 Å². The van der Waals surface area contributed by atoms with Crippen LogP contribution in [-0.4, -0.2) is 12.3 Å². The summed E-state index contributed by atoms with van der Waals surface area (Å²) in [6.07, 6.45) is 9.50. The average molecular weight is 408 g/mol. The molecule has 4 nitrogen and oxygen atoms in total. The van der Waals surface area contributed by atoms with E-state index in [1.807, 2.05) is 0 Å². The van der Waals surface area contributed by atoms with E-state index >= 15 is 0 Å². The van der Waals surface area contributed by atoms with Gasteiger partial charge in [-0.1, -0.05) is 62.5 Å². The van der Waals surface area contributed by atoms with E-state index in [0.717, 1.165) is 51.4 Å². The molecule has 0 saturated carbocycles. The average Bonchev–Trinajstić information content (AvgIpc) is 2.47. The van der Waals surface area contributed by atoms with Crippen LogP contribution in [0, 0.1) is 11.8 Å². The maximum atomic E-state index is 10.4. The van der Waals surface area contributed by atoms with Crippen LogP contribution in [-0.2, 0) is 26.2 Å². The van der Waals surface area contributed by atoms with Crippen molar-refractivity contribution in [2.24, 2.45) is 11.8 Å². The molecular weight excluding hydrogens is 374 g/mol. The molecule has 138 valence electrons. The van der Waals surface area contributed by atoms with Crippen molar-refractivity contribution < 1.29 is 36.0 Å². The van der Waals surface area contributed by atoms with Crippen LogP contribution in [0.15, 0.2) is 0 Å². The Labute approximate surface area is 155 Å². The molecule has 4 atom stereocenters. The Morgan fingerprint density at radius 3 is 1.22 bits per heavy atom. The zero-order valence-corrected chi connectivity index (χ0v) is 18.0. The molecule has 0 spiro atoms. The van der Waals surface area contributed by atoms with Crippen molar-refractivity contribution in [3.8, 4) is 0 Å². The minimum absolute atomic E-state index is 0. The molecule has 0 aliphatic heterocycles. The van der Waals surface area contributed by atoms with Crippen molar-refractivity contribution in [2.45, 2.75) is 79.1 Å². The predicted molar refractivity (Wildman–Crippen MR) is 91.6 cm³/mol. The third kappa shape index (κ3) is 22.6. The van der Waals surface area contributed by atoms with Gasteiger partial charge >= 0.3 is 33.1 Å². The third-order valence-corrected chi connectivity index (χ3v) is 5.53. The second-order valence-electron chi connectivity index (χ2n) is 5.86. The zero-order chi connectivity index (χ0) is 17.4. The molecule has 0 aromatic rings. The largest absolute Gasteiger partial charge is 2.00 e. The van der Waals surface area contributed by atoms with Crippen LogP contribution < -0.4 is 9.79 Å². The normalized spacial score (nSPS) is 14.0. The Hall–Kier alpha value is 0.639. The van der Waals surface area contributed by atoms with E-state index in [0.29, 0.717) is 24.2 Å². The fourth-order valence-electron chi connectivity index (χ4n) is 2.26. The molecule has 0 aromatic heterocycles. The van der Waals surface area contributed by atoms with E-state index in [4.69, 9.17) is 0 Å². The Bertz CT molecular complexity index is 263. The summed E-state index contributed by atoms with van der Waals surface area (Å²) < 4.78 is 20.7. The van der Waals surface area contributed by atoms with Crippen molar-refractivity contribution in [2.75, 3.05) is 12.3 Å². The number of unbranched alkanes of at least 4 members (excludes halogenated alkanes) is 2. The molecule has 0 radical (unpaired) electrons. The molecule has 0 aliphatic rings. The van der Waals surface area contributed by atoms with E-state index in [9.17, 15) is 18.9 Å². The van der Waals surface area contributed by atoms with E-state index in [1.165, 1.54) is 0 Å². The maximum absolute atomic E-state index is 10.4. The van der Waals surface area contributed by atoms with E-state index in [1.54, 1.807) is 0 Å². The summed E-state index contributed by atoms with van der Waals surface area (Å²) in [6, 6.07) is 0. The van der Waals surface area contributed by atoms with Gasteiger partial charge in [0.15, 0.2) is 0 Å². The topological polar surface area (TPSA) is 80.3 Å². The number of hydrogen-bond donors (Lipinski definition) is 0. The van der Waals surface area contributed by atoms with Crippen LogP contribution in [0.1, 0.15) is 79.1 Å². The van der Waals surface area contributed by atoms with Gasteiger partial charge in [0, 0.05) is 11.8 Å². The van der Waals surface area contributed by atoms with Crippen molar-refractivity contribution >= 4 is 16.1 Å². The van der Waals surface area contributed by atoms with E-state index in [2.05, 4.69) is 27.7 Å². The van der Waals surface area contributed by atoms with Gasteiger partial charge < -0.3 is 9.79 Å². The first-order chi connectivity index (χ1) is 10.4. The van der Waals surface area contributed by atoms with Gasteiger partial charge in [0.1, 0.15) is 12.3 Å².